The van der Waals surface area contributed by atoms with Gasteiger partial charge in [-0.25, -0.2) is 4.79 Å². The van der Waals surface area contributed by atoms with E-state index < -0.39 is 0 Å². The minimum atomic E-state index is -0.255. The molecule has 5 heteroatoms. The van der Waals surface area contributed by atoms with Gasteiger partial charge in [0.1, 0.15) is 17.9 Å². The van der Waals surface area contributed by atoms with Crippen LogP contribution in [0.15, 0.2) is 45.6 Å². The molecule has 0 unspecified atom stereocenters. The average Bonchev–Trinajstić information content (AvgIpc) is 3.06. The summed E-state index contributed by atoms with van der Waals surface area (Å²) in [7, 11) is 0. The highest BCUT2D eigenvalue weighted by Gasteiger charge is 2.20. The SMILES string of the molecule is O=c1oc2cc(OCc3ccccc3Cl)c(Cl)cc2c2c1CCC2. The molecule has 122 valence electrons. The van der Waals surface area contributed by atoms with Gasteiger partial charge in [-0.3, -0.25) is 0 Å². The van der Waals surface area contributed by atoms with Crippen LogP contribution in [0.1, 0.15) is 23.1 Å². The summed E-state index contributed by atoms with van der Waals surface area (Å²) in [5.74, 6) is 0.477. The predicted molar refractivity (Wildman–Crippen MR) is 95.3 cm³/mol. The predicted octanol–water partition coefficient (Wildman–Crippen LogP) is 5.17. The van der Waals surface area contributed by atoms with Gasteiger partial charge in [-0.05, 0) is 37.0 Å². The third-order valence-corrected chi connectivity index (χ3v) is 5.03. The maximum atomic E-state index is 12.1. The number of hydrogen-bond acceptors (Lipinski definition) is 3. The summed E-state index contributed by atoms with van der Waals surface area (Å²) in [6.07, 6.45) is 2.63. The summed E-state index contributed by atoms with van der Waals surface area (Å²) < 4.78 is 11.2. The molecule has 0 spiro atoms. The van der Waals surface area contributed by atoms with Crippen molar-refractivity contribution in [2.75, 3.05) is 0 Å². The van der Waals surface area contributed by atoms with Crippen LogP contribution in [0.3, 0.4) is 0 Å². The molecule has 2 aromatic carbocycles. The van der Waals surface area contributed by atoms with Crippen molar-refractivity contribution in [3.63, 3.8) is 0 Å². The van der Waals surface area contributed by atoms with Crippen LogP contribution in [0, 0.1) is 0 Å². The van der Waals surface area contributed by atoms with Gasteiger partial charge in [0.2, 0.25) is 0 Å². The Morgan fingerprint density at radius 3 is 2.67 bits per heavy atom. The third kappa shape index (κ3) is 2.68. The standard InChI is InChI=1S/C19H14Cl2O3/c20-15-7-2-1-4-11(15)10-23-18-9-17-14(8-16(18)21)12-5-3-6-13(12)19(22)24-17/h1-2,4,7-9H,3,5-6,10H2. The second kappa shape index (κ2) is 6.15. The van der Waals surface area contributed by atoms with Crippen molar-refractivity contribution in [1.82, 2.24) is 0 Å². The van der Waals surface area contributed by atoms with E-state index in [2.05, 4.69) is 0 Å². The fourth-order valence-corrected chi connectivity index (χ4v) is 3.57. The minimum Gasteiger partial charge on any atom is -0.487 e. The second-order valence-corrected chi connectivity index (χ2v) is 6.67. The quantitative estimate of drug-likeness (QED) is 0.605. The van der Waals surface area contributed by atoms with Crippen LogP contribution in [0.2, 0.25) is 10.0 Å². The van der Waals surface area contributed by atoms with Crippen molar-refractivity contribution in [2.45, 2.75) is 25.9 Å². The van der Waals surface area contributed by atoms with E-state index in [0.717, 1.165) is 41.3 Å². The number of fused-ring (bicyclic) bond motifs is 3. The van der Waals surface area contributed by atoms with E-state index >= 15 is 0 Å². The number of aryl methyl sites for hydroxylation is 1. The zero-order chi connectivity index (χ0) is 16.7. The van der Waals surface area contributed by atoms with E-state index in [9.17, 15) is 4.79 Å². The molecule has 4 rings (SSSR count). The zero-order valence-electron chi connectivity index (χ0n) is 12.8. The lowest BCUT2D eigenvalue weighted by Gasteiger charge is -2.11. The van der Waals surface area contributed by atoms with E-state index in [1.54, 1.807) is 6.07 Å². The van der Waals surface area contributed by atoms with Crippen molar-refractivity contribution in [1.29, 1.82) is 0 Å². The van der Waals surface area contributed by atoms with Crippen LogP contribution >= 0.6 is 23.2 Å². The lowest BCUT2D eigenvalue weighted by Crippen LogP contribution is -2.07. The van der Waals surface area contributed by atoms with E-state index in [0.29, 0.717) is 28.0 Å². The summed E-state index contributed by atoms with van der Waals surface area (Å²) >= 11 is 12.5. The summed E-state index contributed by atoms with van der Waals surface area (Å²) in [5, 5.41) is 2.04. The lowest BCUT2D eigenvalue weighted by molar-refractivity contribution is 0.306. The van der Waals surface area contributed by atoms with Crippen molar-refractivity contribution in [2.24, 2.45) is 0 Å². The van der Waals surface area contributed by atoms with Gasteiger partial charge in [0, 0.05) is 27.6 Å². The molecule has 0 amide bonds. The molecule has 0 radical (unpaired) electrons. The van der Waals surface area contributed by atoms with Crippen molar-refractivity contribution in [3.8, 4) is 5.75 Å². The molecule has 1 aliphatic rings. The highest BCUT2D eigenvalue weighted by molar-refractivity contribution is 6.33. The lowest BCUT2D eigenvalue weighted by atomic mass is 10.1. The van der Waals surface area contributed by atoms with Gasteiger partial charge < -0.3 is 9.15 Å². The van der Waals surface area contributed by atoms with E-state index in [1.165, 1.54) is 0 Å². The summed E-state index contributed by atoms with van der Waals surface area (Å²) in [6, 6.07) is 11.0. The summed E-state index contributed by atoms with van der Waals surface area (Å²) in [4.78, 5) is 12.1. The molecule has 1 aliphatic carbocycles. The largest absolute Gasteiger partial charge is 0.487 e. The van der Waals surface area contributed by atoms with Crippen LogP contribution < -0.4 is 10.4 Å². The van der Waals surface area contributed by atoms with Gasteiger partial charge in [-0.1, -0.05) is 41.4 Å². The topological polar surface area (TPSA) is 39.4 Å². The van der Waals surface area contributed by atoms with Gasteiger partial charge >= 0.3 is 5.63 Å². The molecule has 3 nitrogen and oxygen atoms in total. The molecular weight excluding hydrogens is 347 g/mol. The molecule has 1 aromatic heterocycles. The monoisotopic (exact) mass is 360 g/mol. The smallest absolute Gasteiger partial charge is 0.339 e. The van der Waals surface area contributed by atoms with Gasteiger partial charge in [-0.2, -0.15) is 0 Å². The Balaban J connectivity index is 1.72. The first-order valence-electron chi connectivity index (χ1n) is 7.78. The van der Waals surface area contributed by atoms with Crippen molar-refractivity contribution in [3.05, 3.63) is 73.6 Å². The van der Waals surface area contributed by atoms with Crippen LogP contribution in [0.25, 0.3) is 11.0 Å². The molecule has 0 saturated carbocycles. The highest BCUT2D eigenvalue weighted by atomic mass is 35.5. The fourth-order valence-electron chi connectivity index (χ4n) is 3.16. The molecule has 1 heterocycles. The van der Waals surface area contributed by atoms with E-state index in [4.69, 9.17) is 32.4 Å². The first-order valence-corrected chi connectivity index (χ1v) is 8.53. The summed E-state index contributed by atoms with van der Waals surface area (Å²) in [5.41, 5.74) is 2.96. The maximum Gasteiger partial charge on any atom is 0.339 e. The van der Waals surface area contributed by atoms with Gasteiger partial charge in [-0.15, -0.1) is 0 Å². The molecular formula is C19H14Cl2O3. The highest BCUT2D eigenvalue weighted by Crippen LogP contribution is 2.35. The Bertz CT molecular complexity index is 992. The Kier molecular flexibility index (Phi) is 3.99. The Hall–Kier alpha value is -1.97. The molecule has 0 fully saturated rings. The normalized spacial score (nSPS) is 13.2. The van der Waals surface area contributed by atoms with Crippen molar-refractivity contribution >= 4 is 34.2 Å². The molecule has 0 N–H and O–H groups in total. The van der Waals surface area contributed by atoms with E-state index in [1.807, 2.05) is 30.3 Å². The Morgan fingerprint density at radius 1 is 1.04 bits per heavy atom. The summed E-state index contributed by atoms with van der Waals surface area (Å²) in [6.45, 7) is 0.292. The number of benzene rings is 2. The van der Waals surface area contributed by atoms with Crippen LogP contribution in [0.5, 0.6) is 5.75 Å². The first kappa shape index (κ1) is 15.6. The fraction of sp³-hybridized carbons (Fsp3) is 0.211. The molecule has 24 heavy (non-hydrogen) atoms. The van der Waals surface area contributed by atoms with E-state index in [-0.39, 0.29) is 5.63 Å². The second-order valence-electron chi connectivity index (χ2n) is 5.86. The Labute approximate surface area is 148 Å². The van der Waals surface area contributed by atoms with Gasteiger partial charge in [0.05, 0.1) is 5.02 Å². The number of halogens is 2. The van der Waals surface area contributed by atoms with Crippen LogP contribution in [-0.4, -0.2) is 0 Å². The van der Waals surface area contributed by atoms with Crippen LogP contribution in [-0.2, 0) is 19.4 Å². The molecule has 0 atom stereocenters. The maximum absolute atomic E-state index is 12.1. The first-order chi connectivity index (χ1) is 11.6. The molecule has 0 saturated heterocycles. The minimum absolute atomic E-state index is 0.255. The number of hydrogen-bond donors (Lipinski definition) is 0. The molecule has 0 aliphatic heterocycles. The number of ether oxygens (including phenoxy) is 1. The molecule has 3 aromatic rings. The average molecular weight is 361 g/mol. The van der Waals surface area contributed by atoms with Gasteiger partial charge in [0.15, 0.2) is 0 Å². The van der Waals surface area contributed by atoms with Crippen molar-refractivity contribution < 1.29 is 9.15 Å². The number of rotatable bonds is 3. The molecule has 0 bridgehead atoms. The third-order valence-electron chi connectivity index (χ3n) is 4.37. The van der Waals surface area contributed by atoms with Gasteiger partial charge in [0.25, 0.3) is 0 Å². The zero-order valence-corrected chi connectivity index (χ0v) is 14.3. The Morgan fingerprint density at radius 2 is 1.83 bits per heavy atom. The van der Waals surface area contributed by atoms with Crippen LogP contribution in [0.4, 0.5) is 0 Å².